The Kier molecular flexibility index (Phi) is 4.94. The van der Waals surface area contributed by atoms with Crippen molar-refractivity contribution in [2.45, 2.75) is 6.92 Å². The Labute approximate surface area is 145 Å². The van der Waals surface area contributed by atoms with E-state index in [2.05, 4.69) is 15.3 Å². The number of hydrogen-bond donors (Lipinski definition) is 1. The first-order valence-electron chi connectivity index (χ1n) is 7.69. The zero-order chi connectivity index (χ0) is 17.6. The molecule has 0 spiro atoms. The van der Waals surface area contributed by atoms with E-state index in [4.69, 9.17) is 9.47 Å². The van der Waals surface area contributed by atoms with Crippen LogP contribution in [0.1, 0.15) is 5.82 Å². The minimum absolute atomic E-state index is 0.0886. The third-order valence-corrected chi connectivity index (χ3v) is 3.53. The summed E-state index contributed by atoms with van der Waals surface area (Å²) in [6, 6.07) is 10.6. The van der Waals surface area contributed by atoms with E-state index in [0.717, 1.165) is 17.4 Å². The molecular formula is C18H18N4O3. The number of aromatic nitrogens is 3. The van der Waals surface area contributed by atoms with E-state index < -0.39 is 0 Å². The minimum atomic E-state index is -0.260. The van der Waals surface area contributed by atoms with Crippen LogP contribution in [0, 0.1) is 6.92 Å². The summed E-state index contributed by atoms with van der Waals surface area (Å²) in [5.74, 6) is 2.65. The standard InChI is InChI=1S/C18H18N4O3/c1-13-19-9-10-22(13)17-8-3-14(11-20-17)21-18(23)12-25-16-6-4-15(24-2)5-7-16/h3-11H,12H2,1-2H3,(H,21,23). The van der Waals surface area contributed by atoms with Gasteiger partial charge in [-0.3, -0.25) is 9.36 Å². The summed E-state index contributed by atoms with van der Waals surface area (Å²) < 4.78 is 12.4. The second-order valence-electron chi connectivity index (χ2n) is 5.26. The first-order valence-corrected chi connectivity index (χ1v) is 7.69. The first kappa shape index (κ1) is 16.5. The van der Waals surface area contributed by atoms with E-state index in [1.807, 2.05) is 23.8 Å². The number of ether oxygens (including phenoxy) is 2. The van der Waals surface area contributed by atoms with Crippen LogP contribution in [-0.2, 0) is 4.79 Å². The summed E-state index contributed by atoms with van der Waals surface area (Å²) in [6.07, 6.45) is 5.14. The number of amides is 1. The number of anilines is 1. The molecule has 7 heteroatoms. The molecule has 3 aromatic rings. The molecule has 0 aliphatic rings. The van der Waals surface area contributed by atoms with E-state index in [-0.39, 0.29) is 12.5 Å². The molecule has 0 aliphatic carbocycles. The largest absolute Gasteiger partial charge is 0.497 e. The molecule has 128 valence electrons. The van der Waals surface area contributed by atoms with Gasteiger partial charge in [-0.15, -0.1) is 0 Å². The van der Waals surface area contributed by atoms with Gasteiger partial charge in [0.05, 0.1) is 19.0 Å². The Bertz CT molecular complexity index is 842. The van der Waals surface area contributed by atoms with Crippen LogP contribution >= 0.6 is 0 Å². The van der Waals surface area contributed by atoms with Crippen molar-refractivity contribution >= 4 is 11.6 Å². The SMILES string of the molecule is COc1ccc(OCC(=O)Nc2ccc(-n3ccnc3C)nc2)cc1. The quantitative estimate of drug-likeness (QED) is 0.747. The van der Waals surface area contributed by atoms with Gasteiger partial charge in [0.15, 0.2) is 6.61 Å². The second kappa shape index (κ2) is 7.48. The van der Waals surface area contributed by atoms with Gasteiger partial charge in [-0.1, -0.05) is 0 Å². The lowest BCUT2D eigenvalue weighted by molar-refractivity contribution is -0.118. The average Bonchev–Trinajstić information content (AvgIpc) is 3.07. The van der Waals surface area contributed by atoms with Crippen LogP contribution in [0.2, 0.25) is 0 Å². The van der Waals surface area contributed by atoms with Crippen molar-refractivity contribution in [1.82, 2.24) is 14.5 Å². The van der Waals surface area contributed by atoms with Crippen molar-refractivity contribution in [3.63, 3.8) is 0 Å². The van der Waals surface area contributed by atoms with Gasteiger partial charge in [-0.2, -0.15) is 0 Å². The van der Waals surface area contributed by atoms with Crippen LogP contribution < -0.4 is 14.8 Å². The third-order valence-electron chi connectivity index (χ3n) is 3.53. The fraction of sp³-hybridized carbons (Fsp3) is 0.167. The van der Waals surface area contributed by atoms with Crippen molar-refractivity contribution < 1.29 is 14.3 Å². The summed E-state index contributed by atoms with van der Waals surface area (Å²) in [7, 11) is 1.59. The van der Waals surface area contributed by atoms with Gasteiger partial charge in [-0.25, -0.2) is 9.97 Å². The normalized spacial score (nSPS) is 10.3. The van der Waals surface area contributed by atoms with Gasteiger partial charge in [0.1, 0.15) is 23.1 Å². The highest BCUT2D eigenvalue weighted by atomic mass is 16.5. The number of aryl methyl sites for hydroxylation is 1. The molecule has 25 heavy (non-hydrogen) atoms. The maximum atomic E-state index is 12.0. The Hall–Kier alpha value is -3.35. The maximum absolute atomic E-state index is 12.0. The average molecular weight is 338 g/mol. The molecule has 1 aromatic carbocycles. The van der Waals surface area contributed by atoms with Crippen LogP contribution in [0.15, 0.2) is 55.0 Å². The van der Waals surface area contributed by atoms with Crippen molar-refractivity contribution in [3.8, 4) is 17.3 Å². The Balaban J connectivity index is 1.54. The smallest absolute Gasteiger partial charge is 0.262 e. The predicted octanol–water partition coefficient (Wildman–Crippen LogP) is 2.60. The molecule has 0 radical (unpaired) electrons. The summed E-state index contributed by atoms with van der Waals surface area (Å²) in [5.41, 5.74) is 0.602. The molecule has 2 aromatic heterocycles. The Morgan fingerprint density at radius 3 is 2.48 bits per heavy atom. The molecule has 0 saturated heterocycles. The Morgan fingerprint density at radius 1 is 1.12 bits per heavy atom. The van der Waals surface area contributed by atoms with E-state index in [9.17, 15) is 4.79 Å². The van der Waals surface area contributed by atoms with E-state index >= 15 is 0 Å². The fourth-order valence-electron chi connectivity index (χ4n) is 2.24. The van der Waals surface area contributed by atoms with Gasteiger partial charge in [0, 0.05) is 12.4 Å². The van der Waals surface area contributed by atoms with E-state index in [1.165, 1.54) is 0 Å². The number of imidazole rings is 1. The lowest BCUT2D eigenvalue weighted by atomic mass is 10.3. The molecule has 7 nitrogen and oxygen atoms in total. The predicted molar refractivity (Wildman–Crippen MR) is 93.2 cm³/mol. The molecular weight excluding hydrogens is 320 g/mol. The highest BCUT2D eigenvalue weighted by Crippen LogP contribution is 2.17. The molecule has 3 rings (SSSR count). The van der Waals surface area contributed by atoms with Crippen LogP contribution in [0.25, 0.3) is 5.82 Å². The van der Waals surface area contributed by atoms with Gasteiger partial charge in [0.2, 0.25) is 0 Å². The molecule has 0 atom stereocenters. The minimum Gasteiger partial charge on any atom is -0.497 e. The molecule has 0 unspecified atom stereocenters. The molecule has 1 N–H and O–H groups in total. The molecule has 1 amide bonds. The lowest BCUT2D eigenvalue weighted by Gasteiger charge is -2.09. The van der Waals surface area contributed by atoms with Crippen LogP contribution in [-0.4, -0.2) is 34.2 Å². The van der Waals surface area contributed by atoms with Crippen LogP contribution in [0.3, 0.4) is 0 Å². The summed E-state index contributed by atoms with van der Waals surface area (Å²) in [5, 5.41) is 2.75. The number of nitrogens with one attached hydrogen (secondary N) is 1. The zero-order valence-electron chi connectivity index (χ0n) is 14.0. The highest BCUT2D eigenvalue weighted by molar-refractivity contribution is 5.91. The summed E-state index contributed by atoms with van der Waals surface area (Å²) >= 11 is 0. The van der Waals surface area contributed by atoms with Crippen molar-refractivity contribution in [2.75, 3.05) is 19.0 Å². The Morgan fingerprint density at radius 2 is 1.88 bits per heavy atom. The van der Waals surface area contributed by atoms with Crippen molar-refractivity contribution in [2.24, 2.45) is 0 Å². The first-order chi connectivity index (χ1) is 12.2. The third kappa shape index (κ3) is 4.14. The van der Waals surface area contributed by atoms with Gasteiger partial charge >= 0.3 is 0 Å². The van der Waals surface area contributed by atoms with Crippen LogP contribution in [0.4, 0.5) is 5.69 Å². The van der Waals surface area contributed by atoms with Crippen LogP contribution in [0.5, 0.6) is 11.5 Å². The number of carbonyl (C=O) groups is 1. The monoisotopic (exact) mass is 338 g/mol. The number of pyridine rings is 1. The maximum Gasteiger partial charge on any atom is 0.262 e. The number of rotatable bonds is 6. The van der Waals surface area contributed by atoms with Gasteiger partial charge < -0.3 is 14.8 Å². The second-order valence-corrected chi connectivity index (χ2v) is 5.26. The van der Waals surface area contributed by atoms with Gasteiger partial charge in [-0.05, 0) is 43.3 Å². The molecule has 2 heterocycles. The molecule has 0 bridgehead atoms. The van der Waals surface area contributed by atoms with Gasteiger partial charge in [0.25, 0.3) is 5.91 Å². The lowest BCUT2D eigenvalue weighted by Crippen LogP contribution is -2.20. The van der Waals surface area contributed by atoms with E-state index in [0.29, 0.717) is 11.4 Å². The number of benzene rings is 1. The summed E-state index contributed by atoms with van der Waals surface area (Å²) in [6.45, 7) is 1.81. The molecule has 0 fully saturated rings. The number of methoxy groups -OCH3 is 1. The van der Waals surface area contributed by atoms with E-state index in [1.54, 1.807) is 49.8 Å². The topological polar surface area (TPSA) is 78.3 Å². The zero-order valence-corrected chi connectivity index (χ0v) is 14.0. The fourth-order valence-corrected chi connectivity index (χ4v) is 2.24. The number of nitrogens with zero attached hydrogens (tertiary/aromatic N) is 3. The number of carbonyl (C=O) groups excluding carboxylic acids is 1. The summed E-state index contributed by atoms with van der Waals surface area (Å²) in [4.78, 5) is 20.5. The van der Waals surface area contributed by atoms with Crippen molar-refractivity contribution in [3.05, 3.63) is 60.8 Å². The highest BCUT2D eigenvalue weighted by Gasteiger charge is 2.06. The number of hydrogen-bond acceptors (Lipinski definition) is 5. The molecule has 0 saturated carbocycles. The molecule has 0 aliphatic heterocycles. The van der Waals surface area contributed by atoms with Crippen molar-refractivity contribution in [1.29, 1.82) is 0 Å².